The molecule has 5 N–H and O–H groups in total. The molecule has 226 valence electrons. The molecule has 0 aliphatic carbocycles. The van der Waals surface area contributed by atoms with Gasteiger partial charge in [0.1, 0.15) is 6.04 Å². The Labute approximate surface area is 267 Å². The van der Waals surface area contributed by atoms with Crippen LogP contribution in [0.2, 0.25) is 5.02 Å². The molecule has 0 fully saturated rings. The summed E-state index contributed by atoms with van der Waals surface area (Å²) in [6.45, 7) is 1.60. The summed E-state index contributed by atoms with van der Waals surface area (Å²) in [5.74, 6) is -0.870. The molecule has 0 aliphatic rings. The zero-order valence-corrected chi connectivity index (χ0v) is 26.2. The minimum absolute atomic E-state index is 0.00232. The molecule has 11 heteroatoms. The van der Waals surface area contributed by atoms with Crippen LogP contribution in [0.1, 0.15) is 24.9 Å². The van der Waals surface area contributed by atoms with Crippen molar-refractivity contribution in [1.82, 2.24) is 20.2 Å². The van der Waals surface area contributed by atoms with Crippen LogP contribution in [-0.4, -0.2) is 45.2 Å². The van der Waals surface area contributed by atoms with Gasteiger partial charge >= 0.3 is 0 Å². The second kappa shape index (κ2) is 13.7. The first-order valence-corrected chi connectivity index (χ1v) is 15.2. The highest BCUT2D eigenvalue weighted by Crippen LogP contribution is 2.27. The highest BCUT2D eigenvalue weighted by Gasteiger charge is 2.23. The number of aromatic nitrogens is 2. The molecule has 44 heavy (non-hydrogen) atoms. The largest absolute Gasteiger partial charge is 0.391 e. The fourth-order valence-electron chi connectivity index (χ4n) is 4.88. The predicted molar refractivity (Wildman–Crippen MR) is 176 cm³/mol. The van der Waals surface area contributed by atoms with Crippen molar-refractivity contribution in [1.29, 1.82) is 0 Å². The van der Waals surface area contributed by atoms with E-state index < -0.39 is 24.1 Å². The van der Waals surface area contributed by atoms with Crippen molar-refractivity contribution in [3.8, 4) is 11.1 Å². The van der Waals surface area contributed by atoms with Crippen molar-refractivity contribution in [3.63, 3.8) is 0 Å². The number of aliphatic hydroxyl groups is 1. The summed E-state index contributed by atoms with van der Waals surface area (Å²) in [7, 11) is 0. The third-order valence-electron chi connectivity index (χ3n) is 7.46. The van der Waals surface area contributed by atoms with E-state index in [-0.39, 0.29) is 31.0 Å². The summed E-state index contributed by atoms with van der Waals surface area (Å²) in [6, 6.07) is 23.4. The average molecular weight is 677 g/mol. The maximum atomic E-state index is 13.0. The van der Waals surface area contributed by atoms with Crippen LogP contribution in [0.3, 0.4) is 0 Å². The van der Waals surface area contributed by atoms with Gasteiger partial charge in [-0.3, -0.25) is 19.0 Å². The van der Waals surface area contributed by atoms with E-state index in [0.717, 1.165) is 27.5 Å². The van der Waals surface area contributed by atoms with Gasteiger partial charge in [-0.1, -0.05) is 66.2 Å². The number of carbonyl (C=O) groups excluding carboxylic acids is 2. The highest BCUT2D eigenvalue weighted by molar-refractivity contribution is 9.10. The number of halogens is 2. The van der Waals surface area contributed by atoms with Gasteiger partial charge in [-0.05, 0) is 74.6 Å². The fourth-order valence-corrected chi connectivity index (χ4v) is 5.38. The monoisotopic (exact) mass is 675 g/mol. The molecule has 0 saturated carbocycles. The maximum absolute atomic E-state index is 13.0. The van der Waals surface area contributed by atoms with Gasteiger partial charge in [0.15, 0.2) is 0 Å². The first-order chi connectivity index (χ1) is 21.1. The minimum Gasteiger partial charge on any atom is -0.391 e. The molecule has 3 atom stereocenters. The van der Waals surface area contributed by atoms with E-state index >= 15 is 0 Å². The zero-order valence-electron chi connectivity index (χ0n) is 23.8. The Balaban J connectivity index is 1.32. The van der Waals surface area contributed by atoms with Crippen molar-refractivity contribution >= 4 is 61.0 Å². The Morgan fingerprint density at radius 1 is 1.02 bits per heavy atom. The Kier molecular flexibility index (Phi) is 9.75. The molecular weight excluding hydrogens is 646 g/mol. The lowest BCUT2D eigenvalue weighted by molar-refractivity contribution is -0.126. The molecule has 9 nitrogen and oxygen atoms in total. The molecule has 1 heterocycles. The zero-order chi connectivity index (χ0) is 31.4. The molecule has 5 aromatic rings. The number of hydrogen-bond donors (Lipinski definition) is 4. The van der Waals surface area contributed by atoms with E-state index in [9.17, 15) is 19.5 Å². The molecule has 0 saturated heterocycles. The minimum atomic E-state index is -1.14. The standard InChI is InChI=1S/C33H31BrClN5O4/c1-19(41)31(36)32(43)39-29(24-8-4-7-22(14-24)23-10-9-20-5-2-3-6-21(20)13-23)17-37-30(42)11-12-40-18-38-28-16-26(34)27(35)15-25(28)33(40)44/h2-10,13-16,18-19,29,31,41H,11-12,17,36H2,1H3,(H,37,42)(H,39,43)/t19-,29+,31+/m1/s1. The number of nitrogens with zero attached hydrogens (tertiary/aromatic N) is 2. The van der Waals surface area contributed by atoms with Gasteiger partial charge in [0.2, 0.25) is 11.8 Å². The number of nitrogens with one attached hydrogen (secondary N) is 2. The quantitative estimate of drug-likeness (QED) is 0.169. The van der Waals surface area contributed by atoms with E-state index in [1.54, 1.807) is 12.1 Å². The number of benzene rings is 4. The number of hydrogen-bond acceptors (Lipinski definition) is 6. The first-order valence-electron chi connectivity index (χ1n) is 14.0. The van der Waals surface area contributed by atoms with Crippen LogP contribution in [0.25, 0.3) is 32.8 Å². The average Bonchev–Trinajstić information content (AvgIpc) is 3.03. The van der Waals surface area contributed by atoms with Crippen LogP contribution >= 0.6 is 27.5 Å². The molecular formula is C33H31BrClN5O4. The summed E-state index contributed by atoms with van der Waals surface area (Å²) in [5, 5.41) is 18.6. The van der Waals surface area contributed by atoms with E-state index in [2.05, 4.69) is 55.8 Å². The van der Waals surface area contributed by atoms with E-state index in [4.69, 9.17) is 17.3 Å². The van der Waals surface area contributed by atoms with Crippen LogP contribution in [0.15, 0.2) is 94.5 Å². The van der Waals surface area contributed by atoms with E-state index in [0.29, 0.717) is 20.4 Å². The summed E-state index contributed by atoms with van der Waals surface area (Å²) < 4.78 is 2.00. The summed E-state index contributed by atoms with van der Waals surface area (Å²) in [4.78, 5) is 43.0. The molecule has 0 bridgehead atoms. The molecule has 2 amide bonds. The second-order valence-corrected chi connectivity index (χ2v) is 11.9. The first kappa shape index (κ1) is 31.3. The van der Waals surface area contributed by atoms with Crippen LogP contribution in [0, 0.1) is 0 Å². The van der Waals surface area contributed by atoms with Crippen LogP contribution < -0.4 is 21.9 Å². The number of aliphatic hydroxyl groups excluding tert-OH is 1. The van der Waals surface area contributed by atoms with Gasteiger partial charge in [0, 0.05) is 24.0 Å². The third kappa shape index (κ3) is 7.16. The predicted octanol–water partition coefficient (Wildman–Crippen LogP) is 4.70. The number of aryl methyl sites for hydroxylation is 1. The lowest BCUT2D eigenvalue weighted by Crippen LogP contribution is -2.49. The molecule has 0 spiro atoms. The van der Waals surface area contributed by atoms with Gasteiger partial charge in [-0.25, -0.2) is 4.98 Å². The lowest BCUT2D eigenvalue weighted by atomic mass is 9.97. The van der Waals surface area contributed by atoms with Crippen LogP contribution in [0.4, 0.5) is 0 Å². The number of amides is 2. The molecule has 0 unspecified atom stereocenters. The van der Waals surface area contributed by atoms with Gasteiger partial charge in [-0.15, -0.1) is 0 Å². The molecule has 5 rings (SSSR count). The van der Waals surface area contributed by atoms with Crippen molar-refractivity contribution in [3.05, 3.63) is 111 Å². The maximum Gasteiger partial charge on any atom is 0.261 e. The number of fused-ring (bicyclic) bond motifs is 2. The number of carbonyl (C=O) groups is 2. The number of rotatable bonds is 10. The van der Waals surface area contributed by atoms with Gasteiger partial charge in [0.25, 0.3) is 5.56 Å². The fraction of sp³-hybridized carbons (Fsp3) is 0.212. The normalized spacial score (nSPS) is 13.4. The topological polar surface area (TPSA) is 139 Å². The van der Waals surface area contributed by atoms with E-state index in [1.807, 2.05) is 42.5 Å². The van der Waals surface area contributed by atoms with Gasteiger partial charge in [-0.2, -0.15) is 0 Å². The van der Waals surface area contributed by atoms with Gasteiger partial charge < -0.3 is 21.5 Å². The van der Waals surface area contributed by atoms with Crippen molar-refractivity contribution < 1.29 is 14.7 Å². The molecule has 0 radical (unpaired) electrons. The van der Waals surface area contributed by atoms with Crippen molar-refractivity contribution in [2.75, 3.05) is 6.54 Å². The molecule has 0 aliphatic heterocycles. The third-order valence-corrected chi connectivity index (χ3v) is 8.66. The Morgan fingerprint density at radius 3 is 2.55 bits per heavy atom. The van der Waals surface area contributed by atoms with Crippen molar-refractivity contribution in [2.24, 2.45) is 5.73 Å². The summed E-state index contributed by atoms with van der Waals surface area (Å²) >= 11 is 9.49. The van der Waals surface area contributed by atoms with Gasteiger partial charge in [0.05, 0.1) is 34.4 Å². The van der Waals surface area contributed by atoms with Crippen LogP contribution in [-0.2, 0) is 16.1 Å². The molecule has 4 aromatic carbocycles. The SMILES string of the molecule is C[C@@H](O)[C@H](N)C(=O)N[C@@H](CNC(=O)CCn1cnc2cc(Br)c(Cl)cc2c1=O)c1cccc(-c2ccc3ccccc3c2)c1. The Bertz CT molecular complexity index is 1910. The lowest BCUT2D eigenvalue weighted by Gasteiger charge is -2.23. The summed E-state index contributed by atoms with van der Waals surface area (Å²) in [6.07, 6.45) is 0.346. The Hall–Kier alpha value is -4.09. The summed E-state index contributed by atoms with van der Waals surface area (Å²) in [5.41, 5.74) is 8.78. The highest BCUT2D eigenvalue weighted by atomic mass is 79.9. The van der Waals surface area contributed by atoms with Crippen LogP contribution in [0.5, 0.6) is 0 Å². The van der Waals surface area contributed by atoms with E-state index in [1.165, 1.54) is 17.8 Å². The number of nitrogens with two attached hydrogens (primary N) is 1. The second-order valence-electron chi connectivity index (χ2n) is 10.6. The van der Waals surface area contributed by atoms with Crippen molar-refractivity contribution in [2.45, 2.75) is 38.1 Å². The smallest absolute Gasteiger partial charge is 0.261 e. The Morgan fingerprint density at radius 2 is 1.77 bits per heavy atom. The molecule has 1 aromatic heterocycles.